The van der Waals surface area contributed by atoms with E-state index >= 15 is 0 Å². The van der Waals surface area contributed by atoms with Crippen LogP contribution in [0.4, 0.5) is 0 Å². The van der Waals surface area contributed by atoms with E-state index in [-0.39, 0.29) is 11.7 Å². The molecule has 5 nitrogen and oxygen atoms in total. The maximum atomic E-state index is 13.3. The van der Waals surface area contributed by atoms with Crippen LogP contribution in [0.1, 0.15) is 48.7 Å². The van der Waals surface area contributed by atoms with Gasteiger partial charge in [-0.3, -0.25) is 9.79 Å². The van der Waals surface area contributed by atoms with Crippen molar-refractivity contribution in [2.45, 2.75) is 38.5 Å². The first-order valence-corrected chi connectivity index (χ1v) is 9.50. The van der Waals surface area contributed by atoms with Gasteiger partial charge in [-0.05, 0) is 43.9 Å². The Labute approximate surface area is 164 Å². The zero-order valence-electron chi connectivity index (χ0n) is 16.3. The minimum atomic E-state index is -0.488. The van der Waals surface area contributed by atoms with Crippen molar-refractivity contribution in [3.8, 4) is 0 Å². The number of methoxy groups -OCH3 is 1. The summed E-state index contributed by atoms with van der Waals surface area (Å²) in [6.45, 7) is 3.65. The van der Waals surface area contributed by atoms with Gasteiger partial charge < -0.3 is 9.15 Å². The molecule has 0 bridgehead atoms. The Morgan fingerprint density at radius 1 is 1.07 bits per heavy atom. The van der Waals surface area contributed by atoms with E-state index in [1.54, 1.807) is 6.92 Å². The predicted molar refractivity (Wildman–Crippen MR) is 105 cm³/mol. The monoisotopic (exact) mass is 377 g/mol. The molecule has 0 saturated heterocycles. The highest BCUT2D eigenvalue weighted by atomic mass is 16.5. The number of hydrogen-bond acceptors (Lipinski definition) is 5. The summed E-state index contributed by atoms with van der Waals surface area (Å²) in [7, 11) is 1.35. The molecule has 0 N–H and O–H groups in total. The molecule has 1 saturated carbocycles. The van der Waals surface area contributed by atoms with Gasteiger partial charge in [0.2, 0.25) is 0 Å². The minimum Gasteiger partial charge on any atom is -0.466 e. The molecule has 1 unspecified atom stereocenters. The summed E-state index contributed by atoms with van der Waals surface area (Å²) < 4.78 is 10.9. The number of rotatable bonds is 3. The van der Waals surface area contributed by atoms with Gasteiger partial charge in [0.05, 0.1) is 24.5 Å². The number of fused-ring (bicyclic) bond motifs is 1. The van der Waals surface area contributed by atoms with E-state index < -0.39 is 17.8 Å². The Morgan fingerprint density at radius 2 is 1.82 bits per heavy atom. The van der Waals surface area contributed by atoms with E-state index in [1.165, 1.54) is 7.11 Å². The zero-order chi connectivity index (χ0) is 19.8. The second-order valence-corrected chi connectivity index (χ2v) is 7.48. The number of carbonyl (C=O) groups excluding carboxylic acids is 2. The number of esters is 1. The third kappa shape index (κ3) is 3.11. The van der Waals surface area contributed by atoms with Gasteiger partial charge in [-0.1, -0.05) is 30.3 Å². The van der Waals surface area contributed by atoms with Gasteiger partial charge >= 0.3 is 5.97 Å². The van der Waals surface area contributed by atoms with Gasteiger partial charge in [0, 0.05) is 17.8 Å². The zero-order valence-corrected chi connectivity index (χ0v) is 16.3. The fourth-order valence-electron chi connectivity index (χ4n) is 4.44. The Hall–Kier alpha value is -2.95. The molecule has 2 heterocycles. The van der Waals surface area contributed by atoms with Gasteiger partial charge in [-0.2, -0.15) is 0 Å². The number of hydrogen-bond donors (Lipinski definition) is 0. The first-order chi connectivity index (χ1) is 13.5. The van der Waals surface area contributed by atoms with Gasteiger partial charge in [0.25, 0.3) is 0 Å². The number of aliphatic imine (C=N–C) groups is 1. The van der Waals surface area contributed by atoms with Gasteiger partial charge in [0.15, 0.2) is 0 Å². The van der Waals surface area contributed by atoms with Crippen LogP contribution in [0.5, 0.6) is 0 Å². The van der Waals surface area contributed by atoms with Crippen LogP contribution >= 0.6 is 0 Å². The van der Waals surface area contributed by atoms with Crippen LogP contribution in [0.15, 0.2) is 63.1 Å². The Balaban J connectivity index is 1.79. The molecular formula is C23H23NO4. The van der Waals surface area contributed by atoms with Crippen molar-refractivity contribution in [1.82, 2.24) is 0 Å². The van der Waals surface area contributed by atoms with Gasteiger partial charge in [0.1, 0.15) is 17.3 Å². The van der Waals surface area contributed by atoms with Crippen LogP contribution in [-0.4, -0.2) is 24.6 Å². The highest BCUT2D eigenvalue weighted by Gasteiger charge is 2.47. The third-order valence-electron chi connectivity index (χ3n) is 5.70. The average molecular weight is 377 g/mol. The van der Waals surface area contributed by atoms with Crippen molar-refractivity contribution in [2.75, 3.05) is 7.11 Å². The summed E-state index contributed by atoms with van der Waals surface area (Å²) in [5, 5.41) is 0. The van der Waals surface area contributed by atoms with E-state index in [9.17, 15) is 9.59 Å². The topological polar surface area (TPSA) is 68.9 Å². The summed E-state index contributed by atoms with van der Waals surface area (Å²) in [4.78, 5) is 30.5. The lowest BCUT2D eigenvalue weighted by molar-refractivity contribution is -0.136. The SMILES string of the molecule is COC(=O)C1=C(C)N=C2C[C@H](c3ccccc3)CC(=O)C2[C@H]1c1ccc(C)o1. The van der Waals surface area contributed by atoms with Crippen LogP contribution < -0.4 is 0 Å². The lowest BCUT2D eigenvalue weighted by Gasteiger charge is -2.37. The number of nitrogens with zero attached hydrogens (tertiary/aromatic N) is 1. The molecule has 28 heavy (non-hydrogen) atoms. The smallest absolute Gasteiger partial charge is 0.336 e. The molecule has 0 spiro atoms. The van der Waals surface area contributed by atoms with Crippen LogP contribution in [0.2, 0.25) is 0 Å². The van der Waals surface area contributed by atoms with Crippen molar-refractivity contribution < 1.29 is 18.7 Å². The van der Waals surface area contributed by atoms with Gasteiger partial charge in [-0.15, -0.1) is 0 Å². The number of carbonyl (C=O) groups is 2. The Morgan fingerprint density at radius 3 is 2.46 bits per heavy atom. The molecule has 2 aromatic rings. The Kier molecular flexibility index (Phi) is 4.75. The molecule has 0 radical (unpaired) electrons. The number of ketones is 1. The molecule has 2 aliphatic rings. The van der Waals surface area contributed by atoms with Crippen molar-refractivity contribution >= 4 is 17.5 Å². The fourth-order valence-corrected chi connectivity index (χ4v) is 4.44. The molecule has 1 aromatic heterocycles. The number of aryl methyl sites for hydroxylation is 1. The van der Waals surface area contributed by atoms with Crippen LogP contribution in [0.25, 0.3) is 0 Å². The molecule has 1 aliphatic carbocycles. The van der Waals surface area contributed by atoms with Crippen molar-refractivity contribution in [3.63, 3.8) is 0 Å². The van der Waals surface area contributed by atoms with Crippen LogP contribution in [-0.2, 0) is 14.3 Å². The predicted octanol–water partition coefficient (Wildman–Crippen LogP) is 4.34. The van der Waals surface area contributed by atoms with E-state index in [4.69, 9.17) is 14.1 Å². The average Bonchev–Trinajstić information content (AvgIpc) is 3.13. The largest absolute Gasteiger partial charge is 0.466 e. The number of ether oxygens (including phenoxy) is 1. The van der Waals surface area contributed by atoms with Crippen LogP contribution in [0.3, 0.4) is 0 Å². The molecular weight excluding hydrogens is 354 g/mol. The minimum absolute atomic E-state index is 0.0896. The molecule has 4 rings (SSSR count). The molecule has 144 valence electrons. The summed E-state index contributed by atoms with van der Waals surface area (Å²) >= 11 is 0. The standard InChI is InChI=1S/C23H23NO4/c1-13-9-10-19(28-13)22-20(23(26)27-3)14(2)24-17-11-16(12-18(25)21(17)22)15-7-5-4-6-8-15/h4-10,16,21-22H,11-12H2,1-3H3/t16-,21?,22-/m0/s1. The number of allylic oxidation sites excluding steroid dienone is 1. The number of Topliss-reactive ketones (excluding diaryl/α,β-unsaturated/α-hetero) is 1. The number of furan rings is 1. The second-order valence-electron chi connectivity index (χ2n) is 7.48. The molecule has 1 aromatic carbocycles. The normalized spacial score (nSPS) is 24.6. The quantitative estimate of drug-likeness (QED) is 0.747. The van der Waals surface area contributed by atoms with Crippen molar-refractivity contribution in [3.05, 3.63) is 70.8 Å². The molecule has 0 amide bonds. The molecule has 5 heteroatoms. The van der Waals surface area contributed by atoms with E-state index in [1.807, 2.05) is 37.3 Å². The summed E-state index contributed by atoms with van der Waals surface area (Å²) in [5.74, 6) is 0.119. The van der Waals surface area contributed by atoms with Crippen molar-refractivity contribution in [2.24, 2.45) is 10.9 Å². The maximum absolute atomic E-state index is 13.3. The number of benzene rings is 1. The Bertz CT molecular complexity index is 983. The second kappa shape index (κ2) is 7.23. The molecule has 1 aliphatic heterocycles. The van der Waals surface area contributed by atoms with Crippen LogP contribution in [0, 0.1) is 12.8 Å². The summed E-state index contributed by atoms with van der Waals surface area (Å²) in [6, 6.07) is 13.8. The third-order valence-corrected chi connectivity index (χ3v) is 5.70. The summed E-state index contributed by atoms with van der Waals surface area (Å²) in [6.07, 6.45) is 1.12. The highest BCUT2D eigenvalue weighted by molar-refractivity contribution is 6.12. The van der Waals surface area contributed by atoms with E-state index in [0.717, 1.165) is 17.0 Å². The summed E-state index contributed by atoms with van der Waals surface area (Å²) in [5.41, 5.74) is 2.98. The van der Waals surface area contributed by atoms with E-state index in [2.05, 4.69) is 12.1 Å². The molecule has 1 fully saturated rings. The maximum Gasteiger partial charge on any atom is 0.336 e. The van der Waals surface area contributed by atoms with Gasteiger partial charge in [-0.25, -0.2) is 4.79 Å². The van der Waals surface area contributed by atoms with Crippen molar-refractivity contribution in [1.29, 1.82) is 0 Å². The highest BCUT2D eigenvalue weighted by Crippen LogP contribution is 2.46. The fraction of sp³-hybridized carbons (Fsp3) is 0.348. The molecule has 3 atom stereocenters. The lowest BCUT2D eigenvalue weighted by atomic mass is 9.67. The lowest BCUT2D eigenvalue weighted by Crippen LogP contribution is -2.41. The first kappa shape index (κ1) is 18.4. The van der Waals surface area contributed by atoms with E-state index in [0.29, 0.717) is 29.9 Å². The first-order valence-electron chi connectivity index (χ1n) is 9.50.